The van der Waals surface area contributed by atoms with E-state index < -0.39 is 12.0 Å². The lowest BCUT2D eigenvalue weighted by molar-refractivity contribution is -0.137. The summed E-state index contributed by atoms with van der Waals surface area (Å²) in [5.41, 5.74) is 5.73. The molecule has 0 aliphatic carbocycles. The lowest BCUT2D eigenvalue weighted by atomic mass is 10.3. The zero-order valence-electron chi connectivity index (χ0n) is 9.73. The second-order valence-corrected chi connectivity index (χ2v) is 5.42. The van der Waals surface area contributed by atoms with Gasteiger partial charge in [0, 0.05) is 5.75 Å². The highest BCUT2D eigenvalue weighted by Gasteiger charge is 2.13. The Morgan fingerprint density at radius 3 is 2.74 bits per heavy atom. The Kier molecular flexibility index (Phi) is 6.44. The number of rotatable bonds is 6. The summed E-state index contributed by atoms with van der Waals surface area (Å²) in [4.78, 5) is 22.1. The van der Waals surface area contributed by atoms with Gasteiger partial charge in [0.25, 0.3) is 0 Å². The van der Waals surface area contributed by atoms with Crippen molar-refractivity contribution in [2.75, 3.05) is 16.8 Å². The van der Waals surface area contributed by atoms with Gasteiger partial charge >= 0.3 is 5.97 Å². The number of anilines is 1. The van der Waals surface area contributed by atoms with Gasteiger partial charge in [-0.25, -0.2) is 0 Å². The highest BCUT2D eigenvalue weighted by Crippen LogP contribution is 2.29. The Morgan fingerprint density at radius 2 is 2.11 bits per heavy atom. The van der Waals surface area contributed by atoms with Gasteiger partial charge in [0.1, 0.15) is 6.04 Å². The van der Waals surface area contributed by atoms with Crippen molar-refractivity contribution < 1.29 is 14.7 Å². The molecule has 0 fully saturated rings. The number of aliphatic carboxylic acids is 1. The zero-order valence-corrected chi connectivity index (χ0v) is 12.1. The van der Waals surface area contributed by atoms with Gasteiger partial charge in [0.15, 0.2) is 0 Å². The predicted molar refractivity (Wildman–Crippen MR) is 78.0 cm³/mol. The number of hydrogen-bond acceptors (Lipinski definition) is 4. The number of nitrogens with one attached hydrogen (secondary N) is 1. The van der Waals surface area contributed by atoms with Crippen LogP contribution in [0, 0.1) is 0 Å². The molecule has 19 heavy (non-hydrogen) atoms. The van der Waals surface area contributed by atoms with E-state index in [0.717, 1.165) is 11.8 Å². The summed E-state index contributed by atoms with van der Waals surface area (Å²) in [5.74, 6) is -1.15. The third kappa shape index (κ3) is 5.28. The molecule has 4 N–H and O–H groups in total. The molecule has 5 nitrogen and oxygen atoms in total. The van der Waals surface area contributed by atoms with Crippen molar-refractivity contribution in [3.05, 3.63) is 28.2 Å². The molecular weight excluding hydrogens is 311 g/mol. The topological polar surface area (TPSA) is 92.4 Å². The fourth-order valence-electron chi connectivity index (χ4n) is 1.14. The fraction of sp³-hybridized carbons (Fsp3) is 0.273. The Morgan fingerprint density at radius 1 is 1.42 bits per heavy atom. The molecule has 1 amide bonds. The first kappa shape index (κ1) is 16.1. The van der Waals surface area contributed by atoms with Crippen molar-refractivity contribution in [2.45, 2.75) is 6.04 Å². The summed E-state index contributed by atoms with van der Waals surface area (Å²) in [6.07, 6.45) is 0. The number of carbonyl (C=O) groups is 2. The molecule has 0 spiro atoms. The second-order valence-electron chi connectivity index (χ2n) is 3.61. The fourth-order valence-corrected chi connectivity index (χ4v) is 2.26. The largest absolute Gasteiger partial charge is 0.480 e. The summed E-state index contributed by atoms with van der Waals surface area (Å²) >= 11 is 12.9. The van der Waals surface area contributed by atoms with Gasteiger partial charge in [-0.05, 0) is 12.1 Å². The van der Waals surface area contributed by atoms with Gasteiger partial charge < -0.3 is 16.2 Å². The van der Waals surface area contributed by atoms with E-state index in [2.05, 4.69) is 5.32 Å². The molecule has 8 heteroatoms. The van der Waals surface area contributed by atoms with Crippen LogP contribution in [0.15, 0.2) is 18.2 Å². The third-order valence-corrected chi connectivity index (χ3v) is 3.95. The van der Waals surface area contributed by atoms with Gasteiger partial charge in [0.2, 0.25) is 5.91 Å². The first-order valence-electron chi connectivity index (χ1n) is 5.21. The molecule has 0 aliphatic rings. The van der Waals surface area contributed by atoms with E-state index in [0.29, 0.717) is 10.7 Å². The maximum atomic E-state index is 11.6. The standard InChI is InChI=1S/C11H12Cl2N2O3S/c12-6-2-1-3-8(10(6)13)15-9(16)5-19-4-7(14)11(17)18/h1-3,7H,4-5,14H2,(H,15,16)(H,17,18)/t7-/m1/s1. The quantitative estimate of drug-likeness (QED) is 0.745. The summed E-state index contributed by atoms with van der Waals surface area (Å²) in [6, 6.07) is 3.92. The molecule has 0 bridgehead atoms. The molecule has 0 radical (unpaired) electrons. The van der Waals surface area contributed by atoms with Crippen LogP contribution in [0.25, 0.3) is 0 Å². The molecule has 0 saturated carbocycles. The molecule has 1 atom stereocenters. The number of benzene rings is 1. The number of thioether (sulfide) groups is 1. The summed E-state index contributed by atoms with van der Waals surface area (Å²) < 4.78 is 0. The highest BCUT2D eigenvalue weighted by atomic mass is 35.5. The van der Waals surface area contributed by atoms with Gasteiger partial charge in [-0.3, -0.25) is 9.59 Å². The van der Waals surface area contributed by atoms with Crippen molar-refractivity contribution >= 4 is 52.5 Å². The van der Waals surface area contributed by atoms with Crippen LogP contribution in [-0.4, -0.2) is 34.5 Å². The van der Waals surface area contributed by atoms with Gasteiger partial charge in [-0.2, -0.15) is 0 Å². The van der Waals surface area contributed by atoms with E-state index in [4.69, 9.17) is 34.0 Å². The highest BCUT2D eigenvalue weighted by molar-refractivity contribution is 8.00. The molecule has 0 aliphatic heterocycles. The number of amides is 1. The van der Waals surface area contributed by atoms with E-state index in [-0.39, 0.29) is 22.4 Å². The van der Waals surface area contributed by atoms with Crippen molar-refractivity contribution in [2.24, 2.45) is 5.73 Å². The number of halogens is 2. The van der Waals surface area contributed by atoms with Crippen molar-refractivity contribution in [1.82, 2.24) is 0 Å². The van der Waals surface area contributed by atoms with Crippen molar-refractivity contribution in [3.8, 4) is 0 Å². The zero-order chi connectivity index (χ0) is 14.4. The Labute approximate surface area is 124 Å². The van der Waals surface area contributed by atoms with Crippen LogP contribution in [0.5, 0.6) is 0 Å². The monoisotopic (exact) mass is 322 g/mol. The van der Waals surface area contributed by atoms with E-state index in [9.17, 15) is 9.59 Å². The van der Waals surface area contributed by atoms with Gasteiger partial charge in [-0.15, -0.1) is 11.8 Å². The smallest absolute Gasteiger partial charge is 0.321 e. The van der Waals surface area contributed by atoms with Gasteiger partial charge in [0.05, 0.1) is 21.5 Å². The van der Waals surface area contributed by atoms with Crippen LogP contribution in [0.3, 0.4) is 0 Å². The minimum Gasteiger partial charge on any atom is -0.480 e. The van der Waals surface area contributed by atoms with Crippen LogP contribution in [0.2, 0.25) is 10.0 Å². The number of carboxylic acid groups (broad SMARTS) is 1. The van der Waals surface area contributed by atoms with Crippen molar-refractivity contribution in [1.29, 1.82) is 0 Å². The summed E-state index contributed by atoms with van der Waals surface area (Å²) in [5, 5.41) is 11.8. The molecule has 1 aromatic carbocycles. The maximum absolute atomic E-state index is 11.6. The molecule has 0 unspecified atom stereocenters. The molecule has 104 valence electrons. The van der Waals surface area contributed by atoms with Crippen LogP contribution in [0.4, 0.5) is 5.69 Å². The van der Waals surface area contributed by atoms with Crippen LogP contribution in [-0.2, 0) is 9.59 Å². The maximum Gasteiger partial charge on any atom is 0.321 e. The molecule has 1 aromatic rings. The minimum absolute atomic E-state index is 0.0871. The third-order valence-electron chi connectivity index (χ3n) is 2.07. The molecule has 0 saturated heterocycles. The number of hydrogen-bond donors (Lipinski definition) is 3. The van der Waals surface area contributed by atoms with Crippen LogP contribution >= 0.6 is 35.0 Å². The first-order chi connectivity index (χ1) is 8.91. The van der Waals surface area contributed by atoms with Crippen LogP contribution < -0.4 is 11.1 Å². The minimum atomic E-state index is -1.09. The molecule has 0 aromatic heterocycles. The van der Waals surface area contributed by atoms with Crippen molar-refractivity contribution in [3.63, 3.8) is 0 Å². The van der Waals surface area contributed by atoms with E-state index >= 15 is 0 Å². The Hall–Kier alpha value is -0.950. The lowest BCUT2D eigenvalue weighted by Crippen LogP contribution is -2.33. The average molecular weight is 323 g/mol. The normalized spacial score (nSPS) is 11.9. The van der Waals surface area contributed by atoms with E-state index in [1.54, 1.807) is 18.2 Å². The summed E-state index contributed by atoms with van der Waals surface area (Å²) in [7, 11) is 0. The second kappa shape index (κ2) is 7.59. The molecular formula is C11H12Cl2N2O3S. The molecule has 0 heterocycles. The Balaban J connectivity index is 2.43. The first-order valence-corrected chi connectivity index (χ1v) is 7.13. The average Bonchev–Trinajstić information content (AvgIpc) is 2.34. The van der Waals surface area contributed by atoms with Gasteiger partial charge in [-0.1, -0.05) is 29.3 Å². The van der Waals surface area contributed by atoms with E-state index in [1.807, 2.05) is 0 Å². The lowest BCUT2D eigenvalue weighted by Gasteiger charge is -2.09. The van der Waals surface area contributed by atoms with Crippen LogP contribution in [0.1, 0.15) is 0 Å². The number of carbonyl (C=O) groups excluding carboxylic acids is 1. The number of carboxylic acids is 1. The SMILES string of the molecule is N[C@H](CSCC(=O)Nc1cccc(Cl)c1Cl)C(=O)O. The Bertz CT molecular complexity index is 485. The summed E-state index contributed by atoms with van der Waals surface area (Å²) in [6.45, 7) is 0. The van der Waals surface area contributed by atoms with E-state index in [1.165, 1.54) is 0 Å². The predicted octanol–water partition coefficient (Wildman–Crippen LogP) is 2.08. The number of nitrogens with two attached hydrogens (primary N) is 1. The molecule has 1 rings (SSSR count).